The second kappa shape index (κ2) is 2.50. The lowest BCUT2D eigenvalue weighted by Gasteiger charge is -2.29. The molecule has 1 aliphatic heterocycles. The monoisotopic (exact) mass is 149 g/mol. The highest BCUT2D eigenvalue weighted by molar-refractivity contribution is 8.17. The van der Waals surface area contributed by atoms with Gasteiger partial charge in [-0.15, -0.1) is 23.5 Å². The minimum Gasteiger partial charge on any atom is -0.294 e. The number of rotatable bonds is 0. The first kappa shape index (κ1) is 6.78. The molecular formula is C5H11NS2. The molecule has 48 valence electrons. The molecule has 0 atom stereocenters. The van der Waals surface area contributed by atoms with Gasteiger partial charge in [0.05, 0.1) is 4.87 Å². The molecule has 1 rings (SSSR count). The Morgan fingerprint density at radius 1 is 1.50 bits per heavy atom. The minimum absolute atomic E-state index is 0.325. The van der Waals surface area contributed by atoms with Crippen LogP contribution in [0.5, 0.6) is 0 Å². The van der Waals surface area contributed by atoms with E-state index in [2.05, 4.69) is 19.2 Å². The van der Waals surface area contributed by atoms with Gasteiger partial charge in [-0.2, -0.15) is 0 Å². The van der Waals surface area contributed by atoms with E-state index in [1.165, 1.54) is 5.08 Å². The van der Waals surface area contributed by atoms with Gasteiger partial charge >= 0.3 is 0 Å². The molecule has 1 aliphatic rings. The van der Waals surface area contributed by atoms with E-state index in [4.69, 9.17) is 0 Å². The highest BCUT2D eigenvalue weighted by Crippen LogP contribution is 2.29. The van der Waals surface area contributed by atoms with E-state index in [0.29, 0.717) is 4.87 Å². The zero-order chi connectivity index (χ0) is 6.04. The Bertz CT molecular complexity index is 74.5. The van der Waals surface area contributed by atoms with Crippen LogP contribution in [0.25, 0.3) is 0 Å². The van der Waals surface area contributed by atoms with E-state index in [-0.39, 0.29) is 0 Å². The molecule has 8 heavy (non-hydrogen) atoms. The Hall–Kier alpha value is 0.660. The summed E-state index contributed by atoms with van der Waals surface area (Å²) in [5.74, 6) is 1.11. The Kier molecular flexibility index (Phi) is 2.12. The fourth-order valence-corrected chi connectivity index (χ4v) is 3.08. The molecule has 0 amide bonds. The molecule has 0 radical (unpaired) electrons. The van der Waals surface area contributed by atoms with Crippen molar-refractivity contribution < 1.29 is 0 Å². The maximum atomic E-state index is 3.38. The van der Waals surface area contributed by atoms with Gasteiger partial charge in [-0.25, -0.2) is 0 Å². The van der Waals surface area contributed by atoms with Crippen LogP contribution in [0, 0.1) is 0 Å². The lowest BCUT2D eigenvalue weighted by atomic mass is 10.4. The van der Waals surface area contributed by atoms with Crippen molar-refractivity contribution in [3.63, 3.8) is 0 Å². The van der Waals surface area contributed by atoms with Gasteiger partial charge in [-0.3, -0.25) is 5.32 Å². The Labute approximate surface area is 59.0 Å². The molecular weight excluding hydrogens is 138 g/mol. The first-order valence-electron chi connectivity index (χ1n) is 2.67. The zero-order valence-electron chi connectivity index (χ0n) is 5.23. The average Bonchev–Trinajstić information content (AvgIpc) is 1.65. The molecule has 0 aromatic rings. The van der Waals surface area contributed by atoms with Crippen LogP contribution in [0.3, 0.4) is 0 Å². The second-order valence-electron chi connectivity index (χ2n) is 2.30. The zero-order valence-corrected chi connectivity index (χ0v) is 6.86. The molecule has 3 heteroatoms. The third-order valence-electron chi connectivity index (χ3n) is 1.10. The summed E-state index contributed by atoms with van der Waals surface area (Å²) < 4.78 is 0. The van der Waals surface area contributed by atoms with Gasteiger partial charge in [0.25, 0.3) is 0 Å². The first-order chi connectivity index (χ1) is 3.71. The molecule has 0 bridgehead atoms. The van der Waals surface area contributed by atoms with Crippen molar-refractivity contribution in [2.75, 3.05) is 11.0 Å². The van der Waals surface area contributed by atoms with Crippen molar-refractivity contribution in [3.8, 4) is 0 Å². The van der Waals surface area contributed by atoms with Gasteiger partial charge < -0.3 is 0 Å². The molecule has 1 nitrogen and oxygen atoms in total. The average molecular weight is 149 g/mol. The van der Waals surface area contributed by atoms with Crippen LogP contribution in [-0.2, 0) is 0 Å². The second-order valence-corrected chi connectivity index (χ2v) is 5.25. The quantitative estimate of drug-likeness (QED) is 0.563. The van der Waals surface area contributed by atoms with Crippen LogP contribution in [0.15, 0.2) is 0 Å². The van der Waals surface area contributed by atoms with Crippen LogP contribution >= 0.6 is 23.5 Å². The Morgan fingerprint density at radius 2 is 2.25 bits per heavy atom. The molecule has 1 fully saturated rings. The molecule has 0 aromatic heterocycles. The van der Waals surface area contributed by atoms with Crippen molar-refractivity contribution >= 4 is 23.5 Å². The normalized spacial score (nSPS) is 27.8. The largest absolute Gasteiger partial charge is 0.294 e. The lowest BCUT2D eigenvalue weighted by molar-refractivity contribution is 0.595. The standard InChI is InChI=1S/C5H11NS2/c1-5(2)6-3-7-4-8-5/h6H,3-4H2,1-2H3. The topological polar surface area (TPSA) is 12.0 Å². The van der Waals surface area contributed by atoms with E-state index in [0.717, 1.165) is 5.88 Å². The van der Waals surface area contributed by atoms with Crippen LogP contribution in [0.1, 0.15) is 13.8 Å². The van der Waals surface area contributed by atoms with Crippen LogP contribution in [0.4, 0.5) is 0 Å². The summed E-state index contributed by atoms with van der Waals surface area (Å²) in [6.07, 6.45) is 0. The van der Waals surface area contributed by atoms with E-state index in [1.54, 1.807) is 0 Å². The molecule has 0 aliphatic carbocycles. The van der Waals surface area contributed by atoms with Crippen molar-refractivity contribution in [2.45, 2.75) is 18.7 Å². The van der Waals surface area contributed by atoms with Gasteiger partial charge in [-0.1, -0.05) is 0 Å². The van der Waals surface area contributed by atoms with E-state index in [9.17, 15) is 0 Å². The fourth-order valence-electron chi connectivity index (χ4n) is 0.507. The number of hydrogen-bond donors (Lipinski definition) is 1. The summed E-state index contributed by atoms with van der Waals surface area (Å²) in [4.78, 5) is 0.325. The Balaban J connectivity index is 2.33. The van der Waals surface area contributed by atoms with Crippen molar-refractivity contribution in [1.29, 1.82) is 0 Å². The highest BCUT2D eigenvalue weighted by Gasteiger charge is 2.19. The minimum atomic E-state index is 0.325. The fraction of sp³-hybridized carbons (Fsp3) is 1.00. The summed E-state index contributed by atoms with van der Waals surface area (Å²) in [6.45, 7) is 4.44. The van der Waals surface area contributed by atoms with Gasteiger partial charge in [-0.05, 0) is 13.8 Å². The molecule has 0 aromatic carbocycles. The lowest BCUT2D eigenvalue weighted by Crippen LogP contribution is -2.38. The summed E-state index contributed by atoms with van der Waals surface area (Å²) in [6, 6.07) is 0. The van der Waals surface area contributed by atoms with E-state index < -0.39 is 0 Å². The Morgan fingerprint density at radius 3 is 2.50 bits per heavy atom. The van der Waals surface area contributed by atoms with Crippen LogP contribution in [0.2, 0.25) is 0 Å². The molecule has 1 saturated heterocycles. The molecule has 0 saturated carbocycles. The number of hydrogen-bond acceptors (Lipinski definition) is 3. The number of thioether (sulfide) groups is 2. The predicted molar refractivity (Wildman–Crippen MR) is 42.1 cm³/mol. The van der Waals surface area contributed by atoms with E-state index >= 15 is 0 Å². The van der Waals surface area contributed by atoms with Gasteiger partial charge in [0.15, 0.2) is 0 Å². The first-order valence-corrected chi connectivity index (χ1v) is 4.81. The summed E-state index contributed by atoms with van der Waals surface area (Å²) in [5, 5.41) is 4.62. The smallest absolute Gasteiger partial charge is 0.0602 e. The van der Waals surface area contributed by atoms with E-state index in [1.807, 2.05) is 23.5 Å². The summed E-state index contributed by atoms with van der Waals surface area (Å²) >= 11 is 3.92. The van der Waals surface area contributed by atoms with Gasteiger partial charge in [0.2, 0.25) is 0 Å². The van der Waals surface area contributed by atoms with Crippen molar-refractivity contribution in [3.05, 3.63) is 0 Å². The summed E-state index contributed by atoms with van der Waals surface area (Å²) in [7, 11) is 0. The predicted octanol–water partition coefficient (Wildman–Crippen LogP) is 1.71. The maximum absolute atomic E-state index is 3.38. The molecule has 0 unspecified atom stereocenters. The van der Waals surface area contributed by atoms with Crippen LogP contribution in [-0.4, -0.2) is 15.8 Å². The maximum Gasteiger partial charge on any atom is 0.0602 e. The SMILES string of the molecule is CC1(C)NCSCS1. The molecule has 1 N–H and O–H groups in total. The summed E-state index contributed by atoms with van der Waals surface area (Å²) in [5.41, 5.74) is 0. The van der Waals surface area contributed by atoms with Crippen molar-refractivity contribution in [1.82, 2.24) is 5.32 Å². The molecule has 0 spiro atoms. The third kappa shape index (κ3) is 1.88. The highest BCUT2D eigenvalue weighted by atomic mass is 32.2. The number of nitrogens with one attached hydrogen (secondary N) is 1. The molecule has 1 heterocycles. The van der Waals surface area contributed by atoms with Gasteiger partial charge in [0, 0.05) is 11.0 Å². The van der Waals surface area contributed by atoms with Gasteiger partial charge in [0.1, 0.15) is 0 Å². The third-order valence-corrected chi connectivity index (χ3v) is 3.46. The van der Waals surface area contributed by atoms with Crippen LogP contribution < -0.4 is 5.32 Å². The van der Waals surface area contributed by atoms with Crippen molar-refractivity contribution in [2.24, 2.45) is 0 Å².